The van der Waals surface area contributed by atoms with Crippen LogP contribution in [0.5, 0.6) is 5.75 Å². The third-order valence-corrected chi connectivity index (χ3v) is 7.82. The summed E-state index contributed by atoms with van der Waals surface area (Å²) in [4.78, 5) is 0. The lowest BCUT2D eigenvalue weighted by Gasteiger charge is -2.36. The van der Waals surface area contributed by atoms with Gasteiger partial charge in [0, 0.05) is 16.5 Å². The fourth-order valence-electron chi connectivity index (χ4n) is 5.77. The van der Waals surface area contributed by atoms with Gasteiger partial charge in [-0.25, -0.2) is 0 Å². The maximum atomic E-state index is 6.21. The van der Waals surface area contributed by atoms with E-state index in [1.807, 2.05) is 0 Å². The molecule has 4 aromatic carbocycles. The Morgan fingerprint density at radius 2 is 1.21 bits per heavy atom. The average molecular weight is 518 g/mol. The van der Waals surface area contributed by atoms with E-state index in [1.165, 1.54) is 50.5 Å². The van der Waals surface area contributed by atoms with Crippen molar-refractivity contribution in [2.24, 2.45) is 10.8 Å². The molecule has 0 aliphatic carbocycles. The first-order chi connectivity index (χ1) is 18.4. The summed E-state index contributed by atoms with van der Waals surface area (Å²) >= 11 is 0. The standard InChI is InChI=1S/C37H43NO/c1-25-9-19-34-31(21-25)32-22-26(2)10-20-35(32)38(34)29-15-17-30(18-16-29)39-24-27-11-13-28(14-12-27)33(37(6,7)8)23-36(3,4)5/h9-22,33H,23-24H2,1-8H3. The fourth-order valence-corrected chi connectivity index (χ4v) is 5.77. The highest BCUT2D eigenvalue weighted by Gasteiger charge is 2.30. The van der Waals surface area contributed by atoms with Gasteiger partial charge in [0.1, 0.15) is 12.4 Å². The van der Waals surface area contributed by atoms with Crippen molar-refractivity contribution in [1.82, 2.24) is 4.57 Å². The predicted octanol–water partition coefficient (Wildman–Crippen LogP) is 10.5. The minimum atomic E-state index is 0.223. The molecule has 1 atom stereocenters. The Kier molecular flexibility index (Phi) is 7.10. The SMILES string of the molecule is Cc1ccc2c(c1)c1cc(C)ccc1n2-c1ccc(OCc2ccc(C(CC(C)(C)C)C(C)(C)C)cc2)cc1. The van der Waals surface area contributed by atoms with E-state index in [9.17, 15) is 0 Å². The van der Waals surface area contributed by atoms with Crippen molar-refractivity contribution < 1.29 is 4.74 Å². The van der Waals surface area contributed by atoms with Gasteiger partial charge in [-0.15, -0.1) is 0 Å². The molecule has 39 heavy (non-hydrogen) atoms. The molecular weight excluding hydrogens is 474 g/mol. The lowest BCUT2D eigenvalue weighted by atomic mass is 9.69. The zero-order chi connectivity index (χ0) is 27.9. The van der Waals surface area contributed by atoms with Crippen molar-refractivity contribution in [2.75, 3.05) is 0 Å². The molecule has 1 unspecified atom stereocenters. The maximum Gasteiger partial charge on any atom is 0.119 e. The largest absolute Gasteiger partial charge is 0.489 e. The molecular formula is C37H43NO. The van der Waals surface area contributed by atoms with Crippen LogP contribution in [0.25, 0.3) is 27.5 Å². The Labute approximate surface area is 234 Å². The van der Waals surface area contributed by atoms with E-state index in [1.54, 1.807) is 0 Å². The molecule has 202 valence electrons. The van der Waals surface area contributed by atoms with Crippen LogP contribution in [0.1, 0.15) is 76.1 Å². The molecule has 1 aromatic heterocycles. The van der Waals surface area contributed by atoms with Crippen molar-refractivity contribution >= 4 is 21.8 Å². The molecule has 0 spiro atoms. The molecule has 2 heteroatoms. The Morgan fingerprint density at radius 1 is 0.667 bits per heavy atom. The second kappa shape index (κ2) is 10.2. The van der Waals surface area contributed by atoms with Crippen molar-refractivity contribution in [1.29, 1.82) is 0 Å². The van der Waals surface area contributed by atoms with Crippen LogP contribution < -0.4 is 4.74 Å². The highest BCUT2D eigenvalue weighted by molar-refractivity contribution is 6.09. The molecule has 0 N–H and O–H groups in total. The summed E-state index contributed by atoms with van der Waals surface area (Å²) in [6.07, 6.45) is 1.17. The second-order valence-corrected chi connectivity index (χ2v) is 13.6. The summed E-state index contributed by atoms with van der Waals surface area (Å²) in [7, 11) is 0. The van der Waals surface area contributed by atoms with Crippen LogP contribution in [-0.4, -0.2) is 4.57 Å². The van der Waals surface area contributed by atoms with Crippen LogP contribution in [0.3, 0.4) is 0 Å². The zero-order valence-electron chi connectivity index (χ0n) is 24.9. The van der Waals surface area contributed by atoms with E-state index in [0.29, 0.717) is 17.9 Å². The Bertz CT molecular complexity index is 1530. The van der Waals surface area contributed by atoms with E-state index < -0.39 is 0 Å². The lowest BCUT2D eigenvalue weighted by Crippen LogP contribution is -2.23. The Balaban J connectivity index is 1.34. The number of fused-ring (bicyclic) bond motifs is 3. The van der Waals surface area contributed by atoms with Crippen molar-refractivity contribution in [3.63, 3.8) is 0 Å². The molecule has 0 amide bonds. The third kappa shape index (κ3) is 5.91. The number of nitrogens with zero attached hydrogens (tertiary/aromatic N) is 1. The number of benzene rings is 4. The van der Waals surface area contributed by atoms with E-state index in [0.717, 1.165) is 11.4 Å². The summed E-state index contributed by atoms with van der Waals surface area (Å²) in [6, 6.07) is 31.0. The van der Waals surface area contributed by atoms with Crippen LogP contribution in [0.2, 0.25) is 0 Å². The average Bonchev–Trinajstić information content (AvgIpc) is 3.18. The molecule has 5 aromatic rings. The van der Waals surface area contributed by atoms with Crippen molar-refractivity contribution in [3.8, 4) is 11.4 Å². The lowest BCUT2D eigenvalue weighted by molar-refractivity contribution is 0.229. The summed E-state index contributed by atoms with van der Waals surface area (Å²) in [5.41, 5.74) is 9.30. The van der Waals surface area contributed by atoms with Crippen LogP contribution >= 0.6 is 0 Å². The molecule has 0 radical (unpaired) electrons. The number of ether oxygens (including phenoxy) is 1. The summed E-state index contributed by atoms with van der Waals surface area (Å²) in [5.74, 6) is 1.41. The quantitative estimate of drug-likeness (QED) is 0.218. The number of rotatable bonds is 6. The van der Waals surface area contributed by atoms with Gasteiger partial charge in [-0.05, 0) is 96.7 Å². The molecule has 5 rings (SSSR count). The fraction of sp³-hybridized carbons (Fsp3) is 0.351. The van der Waals surface area contributed by atoms with Gasteiger partial charge in [-0.1, -0.05) is 89.1 Å². The Hall–Kier alpha value is -3.52. The summed E-state index contributed by atoms with van der Waals surface area (Å²) in [5, 5.41) is 2.60. The topological polar surface area (TPSA) is 14.2 Å². The van der Waals surface area contributed by atoms with Gasteiger partial charge >= 0.3 is 0 Å². The molecule has 0 saturated carbocycles. The monoisotopic (exact) mass is 517 g/mol. The van der Waals surface area contributed by atoms with E-state index in [4.69, 9.17) is 4.74 Å². The molecule has 0 aliphatic rings. The first kappa shape index (κ1) is 27.1. The minimum Gasteiger partial charge on any atom is -0.489 e. The summed E-state index contributed by atoms with van der Waals surface area (Å²) in [6.45, 7) is 18.9. The van der Waals surface area contributed by atoms with Crippen molar-refractivity contribution in [2.45, 2.75) is 74.3 Å². The van der Waals surface area contributed by atoms with E-state index in [-0.39, 0.29) is 5.41 Å². The van der Waals surface area contributed by atoms with Gasteiger partial charge in [0.25, 0.3) is 0 Å². The summed E-state index contributed by atoms with van der Waals surface area (Å²) < 4.78 is 8.57. The second-order valence-electron chi connectivity index (χ2n) is 13.6. The molecule has 0 fully saturated rings. The van der Waals surface area contributed by atoms with Crippen LogP contribution in [0, 0.1) is 24.7 Å². The van der Waals surface area contributed by atoms with Crippen LogP contribution in [0.15, 0.2) is 84.9 Å². The van der Waals surface area contributed by atoms with Crippen LogP contribution in [0.4, 0.5) is 0 Å². The third-order valence-electron chi connectivity index (χ3n) is 7.82. The molecule has 0 bridgehead atoms. The van der Waals surface area contributed by atoms with Gasteiger partial charge in [0.15, 0.2) is 0 Å². The smallest absolute Gasteiger partial charge is 0.119 e. The van der Waals surface area contributed by atoms with Crippen molar-refractivity contribution in [3.05, 3.63) is 107 Å². The van der Waals surface area contributed by atoms with E-state index >= 15 is 0 Å². The van der Waals surface area contributed by atoms with Crippen LogP contribution in [-0.2, 0) is 6.61 Å². The maximum absolute atomic E-state index is 6.21. The number of aryl methyl sites for hydroxylation is 2. The normalized spacial score (nSPS) is 13.2. The molecule has 0 aliphatic heterocycles. The first-order valence-corrected chi connectivity index (χ1v) is 14.2. The van der Waals surface area contributed by atoms with Gasteiger partial charge < -0.3 is 9.30 Å². The molecule has 2 nitrogen and oxygen atoms in total. The minimum absolute atomic E-state index is 0.223. The number of aromatic nitrogens is 1. The number of hydrogen-bond acceptors (Lipinski definition) is 1. The Morgan fingerprint density at radius 3 is 1.69 bits per heavy atom. The highest BCUT2D eigenvalue weighted by Crippen LogP contribution is 2.43. The first-order valence-electron chi connectivity index (χ1n) is 14.2. The molecule has 0 saturated heterocycles. The highest BCUT2D eigenvalue weighted by atomic mass is 16.5. The number of hydrogen-bond donors (Lipinski definition) is 0. The van der Waals surface area contributed by atoms with Gasteiger partial charge in [-0.3, -0.25) is 0 Å². The molecule has 1 heterocycles. The zero-order valence-corrected chi connectivity index (χ0v) is 24.9. The van der Waals surface area contributed by atoms with Gasteiger partial charge in [0.2, 0.25) is 0 Å². The van der Waals surface area contributed by atoms with Gasteiger partial charge in [0.05, 0.1) is 11.0 Å². The predicted molar refractivity (Wildman–Crippen MR) is 167 cm³/mol. The van der Waals surface area contributed by atoms with Gasteiger partial charge in [-0.2, -0.15) is 0 Å². The van der Waals surface area contributed by atoms with E-state index in [2.05, 4.69) is 145 Å².